The van der Waals surface area contributed by atoms with Gasteiger partial charge in [0.2, 0.25) is 5.91 Å². The summed E-state index contributed by atoms with van der Waals surface area (Å²) in [7, 11) is 1.44. The van der Waals surface area contributed by atoms with Crippen LogP contribution in [0.2, 0.25) is 5.02 Å². The molecule has 2 atom stereocenters. The van der Waals surface area contributed by atoms with E-state index >= 15 is 0 Å². The minimum Gasteiger partial charge on any atom is -0.495 e. The van der Waals surface area contributed by atoms with Crippen molar-refractivity contribution in [1.82, 2.24) is 9.88 Å². The molecule has 0 bridgehead atoms. The number of nitriles is 1. The number of nitrogens with one attached hydrogen (secondary N) is 2. The monoisotopic (exact) mass is 576 g/mol. The van der Waals surface area contributed by atoms with Gasteiger partial charge in [-0.3, -0.25) is 14.2 Å². The lowest BCUT2D eigenvalue weighted by atomic mass is 9.80. The average molecular weight is 577 g/mol. The van der Waals surface area contributed by atoms with Gasteiger partial charge in [-0.1, -0.05) is 25.4 Å². The second-order valence-corrected chi connectivity index (χ2v) is 10.6. The van der Waals surface area contributed by atoms with Gasteiger partial charge in [-0.25, -0.2) is 4.79 Å². The number of halogens is 1. The first-order chi connectivity index (χ1) is 19.7. The number of aromatic nitrogens is 1. The van der Waals surface area contributed by atoms with E-state index in [0.717, 1.165) is 25.9 Å². The molecule has 214 valence electrons. The van der Waals surface area contributed by atoms with Crippen LogP contribution in [0.4, 0.5) is 5.69 Å². The van der Waals surface area contributed by atoms with Crippen LogP contribution in [-0.4, -0.2) is 41.7 Å². The van der Waals surface area contributed by atoms with Crippen molar-refractivity contribution < 1.29 is 19.4 Å². The van der Waals surface area contributed by atoms with E-state index in [4.69, 9.17) is 16.3 Å². The molecule has 1 aliphatic heterocycles. The molecule has 0 spiro atoms. The number of anilines is 1. The minimum atomic E-state index is -1.01. The van der Waals surface area contributed by atoms with Crippen LogP contribution in [0.3, 0.4) is 0 Å². The van der Waals surface area contributed by atoms with E-state index in [0.29, 0.717) is 51.1 Å². The Morgan fingerprint density at radius 2 is 1.93 bits per heavy atom. The van der Waals surface area contributed by atoms with Gasteiger partial charge in [0.25, 0.3) is 5.56 Å². The molecule has 10 heteroatoms. The van der Waals surface area contributed by atoms with Crippen molar-refractivity contribution in [2.24, 2.45) is 5.92 Å². The topological polar surface area (TPSA) is 133 Å². The van der Waals surface area contributed by atoms with Crippen molar-refractivity contribution in [3.05, 3.63) is 80.7 Å². The van der Waals surface area contributed by atoms with Crippen LogP contribution in [0, 0.1) is 17.2 Å². The zero-order chi connectivity index (χ0) is 29.7. The van der Waals surface area contributed by atoms with Crippen LogP contribution >= 0.6 is 11.6 Å². The second-order valence-electron chi connectivity index (χ2n) is 10.2. The molecule has 1 fully saturated rings. The van der Waals surface area contributed by atoms with Gasteiger partial charge in [0.15, 0.2) is 0 Å². The van der Waals surface area contributed by atoms with Crippen molar-refractivity contribution in [3.8, 4) is 22.9 Å². The van der Waals surface area contributed by atoms with Crippen LogP contribution in [0.1, 0.15) is 66.6 Å². The highest BCUT2D eigenvalue weighted by Gasteiger charge is 2.27. The zero-order valence-electron chi connectivity index (χ0n) is 23.2. The third-order valence-corrected chi connectivity index (χ3v) is 8.05. The van der Waals surface area contributed by atoms with Crippen molar-refractivity contribution in [3.63, 3.8) is 0 Å². The molecule has 1 amide bonds. The lowest BCUT2D eigenvalue weighted by Crippen LogP contribution is -2.33. The Bertz CT molecular complexity index is 1560. The molecule has 1 saturated heterocycles. The molecule has 41 heavy (non-hydrogen) atoms. The third-order valence-electron chi connectivity index (χ3n) is 7.81. The number of rotatable bonds is 9. The molecule has 0 aliphatic carbocycles. The Morgan fingerprint density at radius 1 is 1.20 bits per heavy atom. The molecule has 1 aromatic heterocycles. The number of pyridine rings is 1. The highest BCUT2D eigenvalue weighted by atomic mass is 35.5. The lowest BCUT2D eigenvalue weighted by Gasteiger charge is -2.29. The van der Waals surface area contributed by atoms with Gasteiger partial charge in [0, 0.05) is 27.9 Å². The number of carboxylic acids is 1. The second kappa shape index (κ2) is 13.0. The SMILES string of the molecule is CCC(C(=O)Nc1ccc(C(=O)O)c(C(C)C2CCNCC2)c1)n1cc(OC)c(-c2cc(Cl)ccc2C#N)cc1=O. The van der Waals surface area contributed by atoms with E-state index in [1.54, 1.807) is 37.3 Å². The van der Waals surface area contributed by atoms with Crippen molar-refractivity contribution in [2.75, 3.05) is 25.5 Å². The fraction of sp³-hybridized carbons (Fsp3) is 0.355. The first kappa shape index (κ1) is 29.8. The van der Waals surface area contributed by atoms with E-state index in [2.05, 4.69) is 16.7 Å². The molecule has 0 saturated carbocycles. The Labute approximate surface area is 243 Å². The number of nitrogens with zero attached hydrogens (tertiary/aromatic N) is 2. The maximum absolute atomic E-state index is 13.5. The number of hydrogen-bond donors (Lipinski definition) is 3. The standard InChI is InChI=1S/C31H33ClN4O5/c1-4-27(36-17-28(41-3)26(15-29(36)37)25-13-21(32)6-5-20(25)16-33)30(38)35-22-7-8-23(31(39)40)24(14-22)18(2)19-9-11-34-12-10-19/h5-8,13-15,17-19,27,34H,4,9-12H2,1-3H3,(H,35,38)(H,39,40). The van der Waals surface area contributed by atoms with Crippen molar-refractivity contribution >= 4 is 29.2 Å². The van der Waals surface area contributed by atoms with Crippen LogP contribution < -0.4 is 20.9 Å². The molecule has 3 N–H and O–H groups in total. The molecule has 3 aromatic rings. The minimum absolute atomic E-state index is 0.00811. The van der Waals surface area contributed by atoms with E-state index < -0.39 is 23.5 Å². The smallest absolute Gasteiger partial charge is 0.335 e. The van der Waals surface area contributed by atoms with E-state index in [9.17, 15) is 24.8 Å². The summed E-state index contributed by atoms with van der Waals surface area (Å²) in [4.78, 5) is 38.8. The quantitative estimate of drug-likeness (QED) is 0.309. The van der Waals surface area contributed by atoms with Gasteiger partial charge < -0.3 is 20.5 Å². The van der Waals surface area contributed by atoms with Crippen LogP contribution in [0.15, 0.2) is 53.5 Å². The summed E-state index contributed by atoms with van der Waals surface area (Å²) in [6.07, 6.45) is 3.66. The van der Waals surface area contributed by atoms with Crippen molar-refractivity contribution in [2.45, 2.75) is 45.1 Å². The highest BCUT2D eigenvalue weighted by molar-refractivity contribution is 6.31. The van der Waals surface area contributed by atoms with E-state index in [1.807, 2.05) is 6.92 Å². The number of carboxylic acid groups (broad SMARTS) is 1. The predicted molar refractivity (Wildman–Crippen MR) is 158 cm³/mol. The first-order valence-electron chi connectivity index (χ1n) is 13.6. The fourth-order valence-corrected chi connectivity index (χ4v) is 5.70. The van der Waals surface area contributed by atoms with E-state index in [1.165, 1.54) is 30.0 Å². The molecule has 1 aliphatic rings. The Hall–Kier alpha value is -4.13. The van der Waals surface area contributed by atoms with Gasteiger partial charge in [0.1, 0.15) is 11.8 Å². The summed E-state index contributed by atoms with van der Waals surface area (Å²) in [5.74, 6) is -0.810. The maximum atomic E-state index is 13.5. The summed E-state index contributed by atoms with van der Waals surface area (Å²) < 4.78 is 6.86. The number of carbonyl (C=O) groups excluding carboxylic acids is 1. The van der Waals surface area contributed by atoms with Gasteiger partial charge in [-0.05, 0) is 86.1 Å². The lowest BCUT2D eigenvalue weighted by molar-refractivity contribution is -0.119. The number of piperidine rings is 1. The molecular weight excluding hydrogens is 544 g/mol. The summed E-state index contributed by atoms with van der Waals surface area (Å²) in [6.45, 7) is 5.60. The number of methoxy groups -OCH3 is 1. The van der Waals surface area contributed by atoms with Gasteiger partial charge in [-0.2, -0.15) is 5.26 Å². The largest absolute Gasteiger partial charge is 0.495 e. The van der Waals surface area contributed by atoms with Crippen molar-refractivity contribution in [1.29, 1.82) is 5.26 Å². The summed E-state index contributed by atoms with van der Waals surface area (Å²) in [6, 6.07) is 12.1. The normalized spacial score (nSPS) is 15.0. The number of hydrogen-bond acceptors (Lipinski definition) is 6. The predicted octanol–water partition coefficient (Wildman–Crippen LogP) is 5.44. The Morgan fingerprint density at radius 3 is 2.56 bits per heavy atom. The fourth-order valence-electron chi connectivity index (χ4n) is 5.53. The summed E-state index contributed by atoms with van der Waals surface area (Å²) in [5.41, 5.74) is 2.07. The number of carbonyl (C=O) groups is 2. The molecule has 2 unspecified atom stereocenters. The van der Waals surface area contributed by atoms with Gasteiger partial charge in [-0.15, -0.1) is 0 Å². The molecule has 2 aromatic carbocycles. The summed E-state index contributed by atoms with van der Waals surface area (Å²) in [5, 5.41) is 26.0. The molecule has 4 rings (SSSR count). The zero-order valence-corrected chi connectivity index (χ0v) is 24.0. The maximum Gasteiger partial charge on any atom is 0.335 e. The number of benzene rings is 2. The molecule has 9 nitrogen and oxygen atoms in total. The van der Waals surface area contributed by atoms with Crippen LogP contribution in [0.5, 0.6) is 5.75 Å². The molecule has 2 heterocycles. The molecule has 0 radical (unpaired) electrons. The Balaban J connectivity index is 1.66. The van der Waals surface area contributed by atoms with Crippen LogP contribution in [0.25, 0.3) is 11.1 Å². The Kier molecular flexibility index (Phi) is 9.48. The average Bonchev–Trinajstić information content (AvgIpc) is 2.98. The third kappa shape index (κ3) is 6.45. The summed E-state index contributed by atoms with van der Waals surface area (Å²) >= 11 is 6.16. The number of ether oxygens (including phenoxy) is 1. The highest BCUT2D eigenvalue weighted by Crippen LogP contribution is 2.35. The van der Waals surface area contributed by atoms with E-state index in [-0.39, 0.29) is 11.5 Å². The van der Waals surface area contributed by atoms with Crippen LogP contribution in [-0.2, 0) is 4.79 Å². The molecular formula is C31H33ClN4O5. The van der Waals surface area contributed by atoms with Gasteiger partial charge >= 0.3 is 5.97 Å². The number of amides is 1. The van der Waals surface area contributed by atoms with Gasteiger partial charge in [0.05, 0.1) is 30.5 Å². The number of aromatic carboxylic acids is 1. The first-order valence-corrected chi connectivity index (χ1v) is 13.9.